The number of hydrogen-bond acceptors (Lipinski definition) is 0. The molecule has 0 saturated carbocycles. The number of fused-ring (bicyclic) bond motifs is 1. The minimum Gasteiger partial charge on any atom is -0.0870 e. The Hall–Kier alpha value is -1.09. The maximum absolute atomic E-state index is 2.46. The fourth-order valence-corrected chi connectivity index (χ4v) is 4.50. The van der Waals surface area contributed by atoms with Gasteiger partial charge in [0.15, 0.2) is 0 Å². The molecule has 0 heterocycles. The van der Waals surface area contributed by atoms with Gasteiger partial charge in [-0.3, -0.25) is 0 Å². The first-order valence-corrected chi connectivity index (χ1v) is 9.61. The van der Waals surface area contributed by atoms with Crippen molar-refractivity contribution in [2.45, 2.75) is 51.9 Å². The molecule has 23 heavy (non-hydrogen) atoms. The van der Waals surface area contributed by atoms with Gasteiger partial charge in [-0.2, -0.15) is 0 Å². The van der Waals surface area contributed by atoms with Crippen LogP contribution in [-0.2, 0) is 5.41 Å². The zero-order valence-electron chi connectivity index (χ0n) is 14.5. The first-order valence-electron chi connectivity index (χ1n) is 8.54. The Morgan fingerprint density at radius 3 is 2.70 bits per heavy atom. The summed E-state index contributed by atoms with van der Waals surface area (Å²) in [6.45, 7) is 9.15. The zero-order valence-corrected chi connectivity index (χ0v) is 16.6. The summed E-state index contributed by atoms with van der Waals surface area (Å²) >= 11 is 2.40. The molecule has 0 N–H and O–H groups in total. The summed E-state index contributed by atoms with van der Waals surface area (Å²) in [4.78, 5) is 0. The molecule has 3 rings (SSSR count). The van der Waals surface area contributed by atoms with E-state index in [0.717, 1.165) is 12.8 Å². The smallest absolute Gasteiger partial charge is 0.0120 e. The highest BCUT2D eigenvalue weighted by Crippen LogP contribution is 2.49. The van der Waals surface area contributed by atoms with Gasteiger partial charge in [0.25, 0.3) is 0 Å². The van der Waals surface area contributed by atoms with Crippen LogP contribution < -0.4 is 0 Å². The largest absolute Gasteiger partial charge is 0.0870 e. The van der Waals surface area contributed by atoms with Crippen molar-refractivity contribution >= 4 is 28.2 Å². The fraction of sp³-hybridized carbons (Fsp3) is 0.364. The molecular formula is C22H25I. The van der Waals surface area contributed by atoms with Crippen molar-refractivity contribution in [1.29, 1.82) is 0 Å². The van der Waals surface area contributed by atoms with E-state index >= 15 is 0 Å². The van der Waals surface area contributed by atoms with Gasteiger partial charge < -0.3 is 0 Å². The summed E-state index contributed by atoms with van der Waals surface area (Å²) in [5, 5.41) is 0. The van der Waals surface area contributed by atoms with Crippen molar-refractivity contribution in [3.05, 3.63) is 74.4 Å². The normalized spacial score (nSPS) is 22.7. The molecule has 0 nitrogen and oxygen atoms in total. The number of hydrogen-bond donors (Lipinski definition) is 0. The first kappa shape index (κ1) is 16.8. The Morgan fingerprint density at radius 2 is 2.09 bits per heavy atom. The van der Waals surface area contributed by atoms with Crippen LogP contribution in [-0.4, -0.2) is 0 Å². The molecule has 1 atom stereocenters. The van der Waals surface area contributed by atoms with Gasteiger partial charge in [-0.05, 0) is 64.6 Å². The number of halogens is 1. The Morgan fingerprint density at radius 1 is 1.30 bits per heavy atom. The Bertz CT molecular complexity index is 741. The SMILES string of the molecule is C/C=C\C1=C(CC)C(C)(C)c2cc([C@@H]3C=CC(I)=CC3)ccc21. The summed E-state index contributed by atoms with van der Waals surface area (Å²) in [6, 6.07) is 7.14. The average molecular weight is 416 g/mol. The predicted octanol–water partition coefficient (Wildman–Crippen LogP) is 7.08. The van der Waals surface area contributed by atoms with Gasteiger partial charge in [0.1, 0.15) is 0 Å². The van der Waals surface area contributed by atoms with Crippen LogP contribution in [0.25, 0.3) is 5.57 Å². The molecule has 0 amide bonds. The van der Waals surface area contributed by atoms with Crippen molar-refractivity contribution in [2.24, 2.45) is 0 Å². The minimum atomic E-state index is 0.136. The van der Waals surface area contributed by atoms with Gasteiger partial charge in [-0.25, -0.2) is 0 Å². The second-order valence-electron chi connectivity index (χ2n) is 6.97. The lowest BCUT2D eigenvalue weighted by Crippen LogP contribution is -2.17. The number of benzene rings is 1. The third-order valence-corrected chi connectivity index (χ3v) is 6.06. The maximum Gasteiger partial charge on any atom is 0.0120 e. The molecule has 2 aliphatic carbocycles. The first-order chi connectivity index (χ1) is 11.0. The molecule has 0 fully saturated rings. The van der Waals surface area contributed by atoms with E-state index in [1.54, 1.807) is 5.57 Å². The number of rotatable bonds is 3. The molecular weight excluding hydrogens is 391 g/mol. The zero-order chi connectivity index (χ0) is 16.6. The van der Waals surface area contributed by atoms with E-state index in [1.807, 2.05) is 0 Å². The van der Waals surface area contributed by atoms with E-state index in [2.05, 4.69) is 98.9 Å². The van der Waals surface area contributed by atoms with E-state index in [9.17, 15) is 0 Å². The van der Waals surface area contributed by atoms with Crippen molar-refractivity contribution in [3.63, 3.8) is 0 Å². The predicted molar refractivity (Wildman–Crippen MR) is 110 cm³/mol. The van der Waals surface area contributed by atoms with Crippen molar-refractivity contribution in [1.82, 2.24) is 0 Å². The van der Waals surface area contributed by atoms with E-state index in [-0.39, 0.29) is 5.41 Å². The van der Waals surface area contributed by atoms with Crippen LogP contribution in [0.15, 0.2) is 57.7 Å². The highest BCUT2D eigenvalue weighted by atomic mass is 127. The molecule has 0 aromatic heterocycles. The van der Waals surface area contributed by atoms with Crippen LogP contribution in [0.2, 0.25) is 0 Å². The molecule has 0 bridgehead atoms. The standard InChI is InChI=1S/C22H25I/c1-5-7-18-19-13-10-16(15-8-11-17(23)12-9-15)14-21(19)22(3,4)20(18)6-2/h5,7-8,10-15H,6,9H2,1-4H3/b7-5-/t15-/m1/s1. The third kappa shape index (κ3) is 2.88. The van der Waals surface area contributed by atoms with Crippen LogP contribution in [0.3, 0.4) is 0 Å². The van der Waals surface area contributed by atoms with Crippen molar-refractivity contribution in [3.8, 4) is 0 Å². The monoisotopic (exact) mass is 416 g/mol. The molecule has 1 heteroatoms. The summed E-state index contributed by atoms with van der Waals surface area (Å²) in [6.07, 6.45) is 13.6. The van der Waals surface area contributed by atoms with Crippen LogP contribution in [0.1, 0.15) is 63.1 Å². The topological polar surface area (TPSA) is 0 Å². The molecule has 0 spiro atoms. The maximum atomic E-state index is 2.46. The van der Waals surface area contributed by atoms with E-state index in [1.165, 1.54) is 25.8 Å². The molecule has 2 aliphatic rings. The molecule has 120 valence electrons. The second kappa shape index (κ2) is 6.43. The highest BCUT2D eigenvalue weighted by Gasteiger charge is 2.36. The van der Waals surface area contributed by atoms with Crippen molar-refractivity contribution < 1.29 is 0 Å². The van der Waals surface area contributed by atoms with Crippen LogP contribution >= 0.6 is 22.6 Å². The van der Waals surface area contributed by atoms with Gasteiger partial charge in [0.05, 0.1) is 0 Å². The summed E-state index contributed by atoms with van der Waals surface area (Å²) < 4.78 is 1.35. The summed E-state index contributed by atoms with van der Waals surface area (Å²) in [5.41, 5.74) is 7.52. The highest BCUT2D eigenvalue weighted by molar-refractivity contribution is 14.1. The van der Waals surface area contributed by atoms with Crippen LogP contribution in [0, 0.1) is 0 Å². The average Bonchev–Trinajstić information content (AvgIpc) is 2.75. The molecule has 0 unspecified atom stereocenters. The van der Waals surface area contributed by atoms with Gasteiger partial charge in [-0.15, -0.1) is 0 Å². The van der Waals surface area contributed by atoms with E-state index in [0.29, 0.717) is 5.92 Å². The molecule has 0 radical (unpaired) electrons. The molecule has 1 aromatic carbocycles. The Balaban J connectivity index is 2.05. The Kier molecular flexibility index (Phi) is 4.68. The lowest BCUT2D eigenvalue weighted by atomic mass is 9.78. The van der Waals surface area contributed by atoms with E-state index < -0.39 is 0 Å². The van der Waals surface area contributed by atoms with Gasteiger partial charge in [0.2, 0.25) is 0 Å². The number of allylic oxidation sites excluding steroid dienone is 8. The quantitative estimate of drug-likeness (QED) is 0.462. The van der Waals surface area contributed by atoms with Crippen LogP contribution in [0.5, 0.6) is 0 Å². The fourth-order valence-electron chi connectivity index (χ4n) is 4.04. The lowest BCUT2D eigenvalue weighted by Gasteiger charge is -2.25. The van der Waals surface area contributed by atoms with E-state index in [4.69, 9.17) is 0 Å². The van der Waals surface area contributed by atoms with Gasteiger partial charge in [-0.1, -0.05) is 74.9 Å². The molecule has 0 aliphatic heterocycles. The van der Waals surface area contributed by atoms with Gasteiger partial charge >= 0.3 is 0 Å². The summed E-state index contributed by atoms with van der Waals surface area (Å²) in [7, 11) is 0. The third-order valence-electron chi connectivity index (χ3n) is 5.26. The Labute approximate surface area is 154 Å². The lowest BCUT2D eigenvalue weighted by molar-refractivity contribution is 0.615. The minimum absolute atomic E-state index is 0.136. The molecule has 0 saturated heterocycles. The van der Waals surface area contributed by atoms with Crippen LogP contribution in [0.4, 0.5) is 0 Å². The van der Waals surface area contributed by atoms with Crippen molar-refractivity contribution in [2.75, 3.05) is 0 Å². The van der Waals surface area contributed by atoms with Gasteiger partial charge in [0, 0.05) is 14.9 Å². The second-order valence-corrected chi connectivity index (χ2v) is 8.21. The molecule has 1 aromatic rings. The summed E-state index contributed by atoms with van der Waals surface area (Å²) in [5.74, 6) is 0.519.